The number of hydrogen-bond donors (Lipinski definition) is 1. The minimum atomic E-state index is -3.94. The molecule has 2 aromatic carbocycles. The van der Waals surface area contributed by atoms with Crippen LogP contribution < -0.4 is 14.4 Å². The summed E-state index contributed by atoms with van der Waals surface area (Å²) in [7, 11) is -2.62. The maximum atomic E-state index is 13.9. The van der Waals surface area contributed by atoms with Crippen LogP contribution in [-0.2, 0) is 10.0 Å². The molecule has 0 atom stereocenters. The molecule has 9 heteroatoms. The van der Waals surface area contributed by atoms with Gasteiger partial charge in [0.15, 0.2) is 17.4 Å². The van der Waals surface area contributed by atoms with Crippen molar-refractivity contribution in [2.75, 3.05) is 29.8 Å². The first-order chi connectivity index (χ1) is 15.0. The second kappa shape index (κ2) is 8.89. The van der Waals surface area contributed by atoms with E-state index in [1.807, 2.05) is 12.1 Å². The molecule has 1 saturated heterocycles. The van der Waals surface area contributed by atoms with Gasteiger partial charge in [0, 0.05) is 24.3 Å². The molecular weight excluding hydrogens is 419 g/mol. The largest absolute Gasteiger partial charge is 0.494 e. The molecule has 7 nitrogen and oxygen atoms in total. The smallest absolute Gasteiger partial charge is 0.262 e. The van der Waals surface area contributed by atoms with Crippen molar-refractivity contribution >= 4 is 21.5 Å². The number of piperidine rings is 1. The summed E-state index contributed by atoms with van der Waals surface area (Å²) in [5.41, 5.74) is 1.88. The Balaban J connectivity index is 1.47. The third-order valence-electron chi connectivity index (χ3n) is 5.20. The van der Waals surface area contributed by atoms with Crippen molar-refractivity contribution in [2.45, 2.75) is 24.2 Å². The van der Waals surface area contributed by atoms with E-state index in [9.17, 15) is 12.8 Å². The van der Waals surface area contributed by atoms with Crippen LogP contribution >= 0.6 is 0 Å². The molecule has 0 unspecified atom stereocenters. The summed E-state index contributed by atoms with van der Waals surface area (Å²) in [6.07, 6.45) is 3.60. The second-order valence-corrected chi connectivity index (χ2v) is 8.99. The van der Waals surface area contributed by atoms with E-state index in [1.165, 1.54) is 38.5 Å². The molecule has 162 valence electrons. The molecule has 0 spiro atoms. The summed E-state index contributed by atoms with van der Waals surface area (Å²) in [6, 6.07) is 14.2. The SMILES string of the molecule is COc1ccc(S(=O)(=O)Nc2ccc(-c3ccc(N4CCCCC4)nn3)cc2)cc1F. The first kappa shape index (κ1) is 21.0. The van der Waals surface area contributed by atoms with Crippen LogP contribution in [0.1, 0.15) is 19.3 Å². The number of rotatable bonds is 6. The van der Waals surface area contributed by atoms with Gasteiger partial charge in [-0.15, -0.1) is 10.2 Å². The zero-order valence-corrected chi connectivity index (χ0v) is 17.9. The normalized spacial score (nSPS) is 14.3. The highest BCUT2D eigenvalue weighted by molar-refractivity contribution is 7.92. The standard InChI is InChI=1S/C22H23FN4O3S/c1-30-21-11-9-18(15-19(21)23)31(28,29)26-17-7-5-16(6-8-17)20-10-12-22(25-24-20)27-13-3-2-4-14-27/h5-12,15,26H,2-4,13-14H2,1H3. The number of ether oxygens (including phenoxy) is 1. The number of nitrogens with zero attached hydrogens (tertiary/aromatic N) is 3. The second-order valence-electron chi connectivity index (χ2n) is 7.30. The average Bonchev–Trinajstić information content (AvgIpc) is 2.80. The van der Waals surface area contributed by atoms with E-state index in [-0.39, 0.29) is 10.6 Å². The van der Waals surface area contributed by atoms with Gasteiger partial charge in [-0.05, 0) is 61.7 Å². The molecule has 4 rings (SSSR count). The van der Waals surface area contributed by atoms with Crippen LogP contribution in [0.15, 0.2) is 59.5 Å². The highest BCUT2D eigenvalue weighted by Crippen LogP contribution is 2.25. The molecule has 31 heavy (non-hydrogen) atoms. The molecule has 1 aliphatic rings. The van der Waals surface area contributed by atoms with E-state index in [0.717, 1.165) is 30.5 Å². The van der Waals surface area contributed by atoms with Gasteiger partial charge in [-0.2, -0.15) is 0 Å². The molecule has 0 bridgehead atoms. The van der Waals surface area contributed by atoms with Gasteiger partial charge >= 0.3 is 0 Å². The third kappa shape index (κ3) is 4.77. The lowest BCUT2D eigenvalue weighted by molar-refractivity contribution is 0.385. The monoisotopic (exact) mass is 442 g/mol. The number of benzene rings is 2. The van der Waals surface area contributed by atoms with Crippen LogP contribution in [0.25, 0.3) is 11.3 Å². The zero-order valence-electron chi connectivity index (χ0n) is 17.1. The van der Waals surface area contributed by atoms with E-state index in [1.54, 1.807) is 24.3 Å². The topological polar surface area (TPSA) is 84.4 Å². The summed E-state index contributed by atoms with van der Waals surface area (Å²) >= 11 is 0. The lowest BCUT2D eigenvalue weighted by Crippen LogP contribution is -2.30. The number of methoxy groups -OCH3 is 1. The molecule has 3 aromatic rings. The van der Waals surface area contributed by atoms with E-state index in [2.05, 4.69) is 19.8 Å². The van der Waals surface area contributed by atoms with Crippen molar-refractivity contribution in [1.82, 2.24) is 10.2 Å². The van der Waals surface area contributed by atoms with Crippen molar-refractivity contribution in [1.29, 1.82) is 0 Å². The fourth-order valence-electron chi connectivity index (χ4n) is 3.51. The number of sulfonamides is 1. The van der Waals surface area contributed by atoms with Gasteiger partial charge in [0.05, 0.1) is 17.7 Å². The molecule has 1 aliphatic heterocycles. The first-order valence-corrected chi connectivity index (χ1v) is 11.5. The average molecular weight is 443 g/mol. The zero-order chi connectivity index (χ0) is 21.8. The maximum absolute atomic E-state index is 13.9. The van der Waals surface area contributed by atoms with E-state index < -0.39 is 15.8 Å². The van der Waals surface area contributed by atoms with Gasteiger partial charge in [0.1, 0.15) is 0 Å². The number of halogens is 1. The quantitative estimate of drug-likeness (QED) is 0.619. The van der Waals surface area contributed by atoms with Gasteiger partial charge in [0.25, 0.3) is 10.0 Å². The lowest BCUT2D eigenvalue weighted by Gasteiger charge is -2.27. The van der Waals surface area contributed by atoms with Crippen molar-refractivity contribution in [3.05, 3.63) is 60.4 Å². The molecule has 1 N–H and O–H groups in total. The van der Waals surface area contributed by atoms with E-state index in [0.29, 0.717) is 11.4 Å². The molecule has 1 fully saturated rings. The minimum Gasteiger partial charge on any atom is -0.494 e. The fraction of sp³-hybridized carbons (Fsp3) is 0.273. The highest BCUT2D eigenvalue weighted by Gasteiger charge is 2.17. The molecule has 0 saturated carbocycles. The Kier molecular flexibility index (Phi) is 6.03. The molecular formula is C22H23FN4O3S. The van der Waals surface area contributed by atoms with Crippen LogP contribution in [0.5, 0.6) is 5.75 Å². The van der Waals surface area contributed by atoms with Crippen molar-refractivity contribution in [3.8, 4) is 17.0 Å². The Bertz CT molecular complexity index is 1150. The molecule has 1 aromatic heterocycles. The van der Waals surface area contributed by atoms with Crippen LogP contribution in [0.2, 0.25) is 0 Å². The van der Waals surface area contributed by atoms with E-state index >= 15 is 0 Å². The van der Waals surface area contributed by atoms with Crippen molar-refractivity contribution < 1.29 is 17.5 Å². The number of hydrogen-bond acceptors (Lipinski definition) is 6. The summed E-state index contributed by atoms with van der Waals surface area (Å²) in [5, 5.41) is 8.66. The van der Waals surface area contributed by atoms with Gasteiger partial charge in [-0.1, -0.05) is 12.1 Å². The summed E-state index contributed by atoms with van der Waals surface area (Å²) < 4.78 is 46.3. The first-order valence-electron chi connectivity index (χ1n) is 10.0. The minimum absolute atomic E-state index is 0.0179. The summed E-state index contributed by atoms with van der Waals surface area (Å²) in [6.45, 7) is 2.00. The summed E-state index contributed by atoms with van der Waals surface area (Å²) in [5.74, 6) is 0.113. The predicted molar refractivity (Wildman–Crippen MR) is 117 cm³/mol. The Morgan fingerprint density at radius 1 is 0.968 bits per heavy atom. The highest BCUT2D eigenvalue weighted by atomic mass is 32.2. The van der Waals surface area contributed by atoms with Crippen LogP contribution in [-0.4, -0.2) is 38.8 Å². The lowest BCUT2D eigenvalue weighted by atomic mass is 10.1. The molecule has 0 radical (unpaired) electrons. The van der Waals surface area contributed by atoms with E-state index in [4.69, 9.17) is 4.74 Å². The molecule has 0 amide bonds. The molecule has 0 aliphatic carbocycles. The van der Waals surface area contributed by atoms with Gasteiger partial charge in [-0.3, -0.25) is 4.72 Å². The Morgan fingerprint density at radius 2 is 1.71 bits per heavy atom. The maximum Gasteiger partial charge on any atom is 0.262 e. The number of anilines is 2. The van der Waals surface area contributed by atoms with Gasteiger partial charge < -0.3 is 9.64 Å². The Labute approximate surface area is 180 Å². The third-order valence-corrected chi connectivity index (χ3v) is 6.58. The number of aromatic nitrogens is 2. The number of nitrogens with one attached hydrogen (secondary N) is 1. The van der Waals surface area contributed by atoms with Crippen molar-refractivity contribution in [3.63, 3.8) is 0 Å². The molecule has 2 heterocycles. The van der Waals surface area contributed by atoms with Gasteiger partial charge in [0.2, 0.25) is 0 Å². The van der Waals surface area contributed by atoms with Crippen LogP contribution in [0.3, 0.4) is 0 Å². The van der Waals surface area contributed by atoms with Gasteiger partial charge in [-0.25, -0.2) is 12.8 Å². The Hall–Kier alpha value is -3.20. The summed E-state index contributed by atoms with van der Waals surface area (Å²) in [4.78, 5) is 2.05. The van der Waals surface area contributed by atoms with Crippen molar-refractivity contribution in [2.24, 2.45) is 0 Å². The Morgan fingerprint density at radius 3 is 2.32 bits per heavy atom. The fourth-order valence-corrected chi connectivity index (χ4v) is 4.58. The van der Waals surface area contributed by atoms with Crippen LogP contribution in [0.4, 0.5) is 15.9 Å². The predicted octanol–water partition coefficient (Wildman–Crippen LogP) is 4.08. The van der Waals surface area contributed by atoms with Crippen LogP contribution in [0, 0.1) is 5.82 Å².